The van der Waals surface area contributed by atoms with Crippen LogP contribution in [-0.4, -0.2) is 30.6 Å². The van der Waals surface area contributed by atoms with Crippen molar-refractivity contribution in [2.24, 2.45) is 4.99 Å². The first-order chi connectivity index (χ1) is 6.90. The number of carbonyl (C=O) groups is 1. The molecule has 0 aliphatic rings. The Bertz CT molecular complexity index is 273. The quantitative estimate of drug-likeness (QED) is 0.400. The molecule has 0 aliphatic carbocycles. The SMILES string of the molecule is CCOC=NC(C#N)C(=O)OC(C)(C)C. The Morgan fingerprint density at radius 1 is 1.60 bits per heavy atom. The van der Waals surface area contributed by atoms with E-state index in [-0.39, 0.29) is 0 Å². The van der Waals surface area contributed by atoms with Gasteiger partial charge in [-0.2, -0.15) is 5.26 Å². The van der Waals surface area contributed by atoms with E-state index in [9.17, 15) is 4.79 Å². The van der Waals surface area contributed by atoms with Gasteiger partial charge in [-0.15, -0.1) is 0 Å². The van der Waals surface area contributed by atoms with E-state index in [1.54, 1.807) is 33.8 Å². The number of nitriles is 1. The molecule has 15 heavy (non-hydrogen) atoms. The zero-order valence-corrected chi connectivity index (χ0v) is 9.48. The normalized spacial score (nSPS) is 13.3. The molecular formula is C10H16N2O3. The Kier molecular flexibility index (Phi) is 5.39. The monoisotopic (exact) mass is 212 g/mol. The van der Waals surface area contributed by atoms with Crippen molar-refractivity contribution in [2.45, 2.75) is 39.3 Å². The molecule has 0 rings (SSSR count). The molecule has 84 valence electrons. The third-order valence-electron chi connectivity index (χ3n) is 1.20. The number of esters is 1. The summed E-state index contributed by atoms with van der Waals surface area (Å²) >= 11 is 0. The number of ether oxygens (including phenoxy) is 2. The van der Waals surface area contributed by atoms with Crippen molar-refractivity contribution >= 4 is 12.4 Å². The molecule has 1 unspecified atom stereocenters. The summed E-state index contributed by atoms with van der Waals surface area (Å²) in [7, 11) is 0. The van der Waals surface area contributed by atoms with Crippen LogP contribution in [0, 0.1) is 11.3 Å². The number of hydrogen-bond acceptors (Lipinski definition) is 5. The number of aliphatic imine (C=N–C) groups is 1. The predicted octanol–water partition coefficient (Wildman–Crippen LogP) is 1.29. The Labute approximate surface area is 89.7 Å². The van der Waals surface area contributed by atoms with Crippen molar-refractivity contribution in [3.63, 3.8) is 0 Å². The number of rotatable bonds is 4. The lowest BCUT2D eigenvalue weighted by atomic mass is 10.2. The molecule has 0 saturated carbocycles. The van der Waals surface area contributed by atoms with E-state index in [2.05, 4.69) is 4.99 Å². The fraction of sp³-hybridized carbons (Fsp3) is 0.700. The van der Waals surface area contributed by atoms with Gasteiger partial charge < -0.3 is 9.47 Å². The fourth-order valence-electron chi connectivity index (χ4n) is 0.683. The predicted molar refractivity (Wildman–Crippen MR) is 55.4 cm³/mol. The average molecular weight is 212 g/mol. The minimum atomic E-state index is -1.16. The van der Waals surface area contributed by atoms with Gasteiger partial charge in [0.15, 0.2) is 6.40 Å². The number of nitrogens with zero attached hydrogens (tertiary/aromatic N) is 2. The zero-order chi connectivity index (χ0) is 11.9. The van der Waals surface area contributed by atoms with Crippen LogP contribution in [-0.2, 0) is 14.3 Å². The Hall–Kier alpha value is -1.57. The van der Waals surface area contributed by atoms with Crippen LogP contribution in [0.4, 0.5) is 0 Å². The zero-order valence-electron chi connectivity index (χ0n) is 9.48. The smallest absolute Gasteiger partial charge is 0.346 e. The van der Waals surface area contributed by atoms with Gasteiger partial charge in [-0.3, -0.25) is 0 Å². The molecule has 0 aliphatic heterocycles. The van der Waals surface area contributed by atoms with Gasteiger partial charge in [-0.1, -0.05) is 0 Å². The highest BCUT2D eigenvalue weighted by Crippen LogP contribution is 2.09. The molecule has 0 aromatic rings. The van der Waals surface area contributed by atoms with Gasteiger partial charge in [0.1, 0.15) is 11.7 Å². The van der Waals surface area contributed by atoms with Gasteiger partial charge in [0.2, 0.25) is 6.04 Å². The van der Waals surface area contributed by atoms with Crippen molar-refractivity contribution in [3.8, 4) is 6.07 Å². The molecule has 5 heteroatoms. The summed E-state index contributed by atoms with van der Waals surface area (Å²) in [6.45, 7) is 7.40. The van der Waals surface area contributed by atoms with Crippen LogP contribution in [0.15, 0.2) is 4.99 Å². The topological polar surface area (TPSA) is 71.7 Å². The highest BCUT2D eigenvalue weighted by Gasteiger charge is 2.23. The maximum atomic E-state index is 11.4. The van der Waals surface area contributed by atoms with Crippen molar-refractivity contribution in [3.05, 3.63) is 0 Å². The van der Waals surface area contributed by atoms with E-state index >= 15 is 0 Å². The second-order valence-corrected chi connectivity index (χ2v) is 3.77. The maximum Gasteiger partial charge on any atom is 0.346 e. The van der Waals surface area contributed by atoms with Crippen LogP contribution in [0.25, 0.3) is 0 Å². The average Bonchev–Trinajstić information content (AvgIpc) is 2.09. The summed E-state index contributed by atoms with van der Waals surface area (Å²) < 4.78 is 9.79. The lowest BCUT2D eigenvalue weighted by Crippen LogP contribution is -2.30. The van der Waals surface area contributed by atoms with Gasteiger partial charge >= 0.3 is 5.97 Å². The summed E-state index contributed by atoms with van der Waals surface area (Å²) in [5, 5.41) is 8.67. The highest BCUT2D eigenvalue weighted by atomic mass is 16.6. The van der Waals surface area contributed by atoms with E-state index in [0.29, 0.717) is 6.61 Å². The number of carbonyl (C=O) groups excluding carboxylic acids is 1. The molecule has 1 atom stereocenters. The van der Waals surface area contributed by atoms with Gasteiger partial charge in [0, 0.05) is 0 Å². The third kappa shape index (κ3) is 6.49. The second kappa shape index (κ2) is 6.02. The van der Waals surface area contributed by atoms with Gasteiger partial charge in [-0.05, 0) is 27.7 Å². The molecule has 0 N–H and O–H groups in total. The molecule has 0 saturated heterocycles. The summed E-state index contributed by atoms with van der Waals surface area (Å²) in [6, 6.07) is 0.574. The van der Waals surface area contributed by atoms with E-state index in [0.717, 1.165) is 6.40 Å². The fourth-order valence-corrected chi connectivity index (χ4v) is 0.683. The third-order valence-corrected chi connectivity index (χ3v) is 1.20. The van der Waals surface area contributed by atoms with Crippen LogP contribution in [0.2, 0.25) is 0 Å². The van der Waals surface area contributed by atoms with E-state index < -0.39 is 17.6 Å². The molecule has 5 nitrogen and oxygen atoms in total. The minimum absolute atomic E-state index is 0.440. The Morgan fingerprint density at radius 3 is 2.60 bits per heavy atom. The molecular weight excluding hydrogens is 196 g/mol. The van der Waals surface area contributed by atoms with E-state index in [1.807, 2.05) is 0 Å². The lowest BCUT2D eigenvalue weighted by Gasteiger charge is -2.19. The van der Waals surface area contributed by atoms with Gasteiger partial charge in [0.05, 0.1) is 6.61 Å². The van der Waals surface area contributed by atoms with E-state index in [4.69, 9.17) is 14.7 Å². The summed E-state index contributed by atoms with van der Waals surface area (Å²) in [6.07, 6.45) is 1.10. The maximum absolute atomic E-state index is 11.4. The molecule has 0 amide bonds. The summed E-state index contributed by atoms with van der Waals surface area (Å²) in [5.74, 6) is -0.666. The van der Waals surface area contributed by atoms with Crippen LogP contribution in [0.5, 0.6) is 0 Å². The first kappa shape index (κ1) is 13.4. The second-order valence-electron chi connectivity index (χ2n) is 3.77. The minimum Gasteiger partial charge on any atom is -0.484 e. The van der Waals surface area contributed by atoms with Crippen molar-refractivity contribution in [1.29, 1.82) is 5.26 Å². The number of hydrogen-bond donors (Lipinski definition) is 0. The van der Waals surface area contributed by atoms with Crippen LogP contribution < -0.4 is 0 Å². The van der Waals surface area contributed by atoms with Crippen molar-refractivity contribution in [1.82, 2.24) is 0 Å². The Morgan fingerprint density at radius 2 is 2.20 bits per heavy atom. The molecule has 0 bridgehead atoms. The summed E-state index contributed by atoms with van der Waals surface area (Å²) in [5.41, 5.74) is -0.618. The molecule has 0 radical (unpaired) electrons. The van der Waals surface area contributed by atoms with Crippen LogP contribution in [0.3, 0.4) is 0 Å². The van der Waals surface area contributed by atoms with Crippen LogP contribution in [0.1, 0.15) is 27.7 Å². The molecule has 0 heterocycles. The largest absolute Gasteiger partial charge is 0.484 e. The first-order valence-electron chi connectivity index (χ1n) is 4.66. The Balaban J connectivity index is 4.31. The van der Waals surface area contributed by atoms with E-state index in [1.165, 1.54) is 0 Å². The molecule has 0 aromatic heterocycles. The highest BCUT2D eigenvalue weighted by molar-refractivity contribution is 5.80. The molecule has 0 fully saturated rings. The van der Waals surface area contributed by atoms with Crippen LogP contribution >= 0.6 is 0 Å². The lowest BCUT2D eigenvalue weighted by molar-refractivity contribution is -0.154. The standard InChI is InChI=1S/C10H16N2O3/c1-5-14-7-12-8(6-11)9(13)15-10(2,3)4/h7-8H,5H2,1-4H3. The molecule has 0 aromatic carbocycles. The van der Waals surface area contributed by atoms with Crippen molar-refractivity contribution < 1.29 is 14.3 Å². The van der Waals surface area contributed by atoms with Gasteiger partial charge in [0.25, 0.3) is 0 Å². The van der Waals surface area contributed by atoms with Gasteiger partial charge in [-0.25, -0.2) is 9.79 Å². The summed E-state index contributed by atoms with van der Waals surface area (Å²) in [4.78, 5) is 15.0. The van der Waals surface area contributed by atoms with Crippen molar-refractivity contribution in [2.75, 3.05) is 6.61 Å². The molecule has 0 spiro atoms. The first-order valence-corrected chi connectivity index (χ1v) is 4.66.